The highest BCUT2D eigenvalue weighted by atomic mass is 79.9. The lowest BCUT2D eigenvalue weighted by molar-refractivity contribution is -0.131. The van der Waals surface area contributed by atoms with Crippen LogP contribution in [-0.2, 0) is 16.9 Å². The fourth-order valence-electron chi connectivity index (χ4n) is 3.14. The number of carbonyl (C=O) groups excluding carboxylic acids is 2. The first-order valence-electron chi connectivity index (χ1n) is 8.77. The first kappa shape index (κ1) is 19.1. The van der Waals surface area contributed by atoms with E-state index < -0.39 is 11.6 Å². The average Bonchev–Trinajstić information content (AvgIpc) is 3.27. The molecule has 0 radical (unpaired) electrons. The molecule has 0 unspecified atom stereocenters. The number of carbonyl (C=O) groups is 2. The summed E-state index contributed by atoms with van der Waals surface area (Å²) in [6, 6.07) is 13.9. The summed E-state index contributed by atoms with van der Waals surface area (Å²) in [6.07, 6.45) is 0. The molecule has 1 N–H and O–H groups in total. The fourth-order valence-corrected chi connectivity index (χ4v) is 3.54. The second-order valence-electron chi connectivity index (χ2n) is 6.69. The van der Waals surface area contributed by atoms with E-state index in [0.717, 1.165) is 9.37 Å². The topological polar surface area (TPSA) is 97.6 Å². The second kappa shape index (κ2) is 7.32. The van der Waals surface area contributed by atoms with Gasteiger partial charge in [0, 0.05) is 10.0 Å². The number of benzene rings is 2. The van der Waals surface area contributed by atoms with Crippen LogP contribution in [0.1, 0.15) is 18.4 Å². The molecule has 3 amide bonds. The number of methoxy groups -OCH3 is 1. The lowest BCUT2D eigenvalue weighted by Crippen LogP contribution is -2.40. The Morgan fingerprint density at radius 3 is 2.62 bits per heavy atom. The predicted molar refractivity (Wildman–Crippen MR) is 107 cm³/mol. The van der Waals surface area contributed by atoms with E-state index in [4.69, 9.17) is 9.15 Å². The lowest BCUT2D eigenvalue weighted by Gasteiger charge is -2.22. The highest BCUT2D eigenvalue weighted by Gasteiger charge is 2.49. The van der Waals surface area contributed by atoms with Crippen LogP contribution in [0.2, 0.25) is 0 Å². The van der Waals surface area contributed by atoms with E-state index in [1.165, 1.54) is 0 Å². The van der Waals surface area contributed by atoms with Crippen molar-refractivity contribution in [3.8, 4) is 17.2 Å². The zero-order chi connectivity index (χ0) is 20.6. The Bertz CT molecular complexity index is 1080. The maximum atomic E-state index is 13.0. The number of amides is 3. The van der Waals surface area contributed by atoms with Crippen molar-refractivity contribution in [2.75, 3.05) is 7.11 Å². The van der Waals surface area contributed by atoms with E-state index in [2.05, 4.69) is 31.4 Å². The van der Waals surface area contributed by atoms with Gasteiger partial charge in [0.25, 0.3) is 5.91 Å². The van der Waals surface area contributed by atoms with E-state index >= 15 is 0 Å². The SMILES string of the molecule is COc1ccc(-c2nnc(CN3C(=O)N[C@](C)(c4cccc(Br)c4)C3=O)o2)cc1. The number of aromatic nitrogens is 2. The predicted octanol–water partition coefficient (Wildman–Crippen LogP) is 3.47. The summed E-state index contributed by atoms with van der Waals surface area (Å²) < 4.78 is 11.6. The molecule has 1 aromatic heterocycles. The highest BCUT2D eigenvalue weighted by molar-refractivity contribution is 9.10. The van der Waals surface area contributed by atoms with Gasteiger partial charge in [0.2, 0.25) is 11.8 Å². The van der Waals surface area contributed by atoms with Crippen molar-refractivity contribution in [3.05, 3.63) is 64.5 Å². The summed E-state index contributed by atoms with van der Waals surface area (Å²) >= 11 is 3.39. The fraction of sp³-hybridized carbons (Fsp3) is 0.200. The maximum absolute atomic E-state index is 13.0. The summed E-state index contributed by atoms with van der Waals surface area (Å²) in [5.41, 5.74) is 0.220. The minimum absolute atomic E-state index is 0.114. The number of hydrogen-bond donors (Lipinski definition) is 1. The molecule has 29 heavy (non-hydrogen) atoms. The van der Waals surface area contributed by atoms with Gasteiger partial charge in [-0.05, 0) is 48.9 Å². The van der Waals surface area contributed by atoms with Crippen molar-refractivity contribution in [2.45, 2.75) is 19.0 Å². The third kappa shape index (κ3) is 3.49. The Balaban J connectivity index is 1.55. The smallest absolute Gasteiger partial charge is 0.325 e. The highest BCUT2D eigenvalue weighted by Crippen LogP contribution is 2.31. The molecule has 0 saturated carbocycles. The zero-order valence-corrected chi connectivity index (χ0v) is 17.3. The van der Waals surface area contributed by atoms with Crippen LogP contribution in [-0.4, -0.2) is 34.1 Å². The summed E-state index contributed by atoms with van der Waals surface area (Å²) in [5.74, 6) is 0.784. The summed E-state index contributed by atoms with van der Waals surface area (Å²) in [5, 5.41) is 10.7. The number of halogens is 1. The van der Waals surface area contributed by atoms with Crippen LogP contribution in [0.4, 0.5) is 4.79 Å². The number of urea groups is 1. The normalized spacial score (nSPS) is 18.8. The van der Waals surface area contributed by atoms with Gasteiger partial charge in [-0.3, -0.25) is 9.69 Å². The summed E-state index contributed by atoms with van der Waals surface area (Å²) in [4.78, 5) is 26.6. The van der Waals surface area contributed by atoms with Crippen LogP contribution in [0.15, 0.2) is 57.4 Å². The molecule has 8 nitrogen and oxygen atoms in total. The first-order valence-corrected chi connectivity index (χ1v) is 9.57. The standard InChI is InChI=1S/C20H17BrN4O4/c1-20(13-4-3-5-14(21)10-13)18(26)25(19(27)22-20)11-16-23-24-17(29-16)12-6-8-15(28-2)9-7-12/h3-10H,11H2,1-2H3,(H,22,27)/t20-/m1/s1. The van der Waals surface area contributed by atoms with Crippen molar-refractivity contribution in [3.63, 3.8) is 0 Å². The van der Waals surface area contributed by atoms with E-state index in [9.17, 15) is 9.59 Å². The first-order chi connectivity index (χ1) is 13.9. The number of imide groups is 1. The van der Waals surface area contributed by atoms with Gasteiger partial charge in [-0.1, -0.05) is 28.1 Å². The summed E-state index contributed by atoms with van der Waals surface area (Å²) in [6.45, 7) is 1.56. The number of hydrogen-bond acceptors (Lipinski definition) is 6. The van der Waals surface area contributed by atoms with Gasteiger partial charge in [0.1, 0.15) is 17.8 Å². The van der Waals surface area contributed by atoms with Crippen molar-refractivity contribution < 1.29 is 18.7 Å². The number of ether oxygens (including phenoxy) is 1. The van der Waals surface area contributed by atoms with Crippen LogP contribution in [0, 0.1) is 0 Å². The zero-order valence-electron chi connectivity index (χ0n) is 15.7. The van der Waals surface area contributed by atoms with E-state index in [1.807, 2.05) is 12.1 Å². The third-order valence-electron chi connectivity index (χ3n) is 4.77. The second-order valence-corrected chi connectivity index (χ2v) is 7.60. The minimum atomic E-state index is -1.17. The Labute approximate surface area is 175 Å². The van der Waals surface area contributed by atoms with E-state index in [0.29, 0.717) is 22.8 Å². The van der Waals surface area contributed by atoms with Crippen molar-refractivity contribution >= 4 is 27.9 Å². The maximum Gasteiger partial charge on any atom is 0.325 e. The largest absolute Gasteiger partial charge is 0.497 e. The van der Waals surface area contributed by atoms with Gasteiger partial charge in [-0.25, -0.2) is 4.79 Å². The molecule has 0 aliphatic carbocycles. The molecule has 148 valence electrons. The van der Waals surface area contributed by atoms with E-state index in [-0.39, 0.29) is 18.3 Å². The molecule has 1 atom stereocenters. The van der Waals surface area contributed by atoms with Crippen molar-refractivity contribution in [1.82, 2.24) is 20.4 Å². The average molecular weight is 457 g/mol. The van der Waals surface area contributed by atoms with Gasteiger partial charge in [-0.2, -0.15) is 0 Å². The van der Waals surface area contributed by atoms with Gasteiger partial charge >= 0.3 is 6.03 Å². The molecule has 3 aromatic rings. The number of rotatable bonds is 5. The molecular weight excluding hydrogens is 440 g/mol. The molecule has 1 aliphatic rings. The van der Waals surface area contributed by atoms with Gasteiger partial charge in [0.05, 0.1) is 7.11 Å². The Kier molecular flexibility index (Phi) is 4.83. The Morgan fingerprint density at radius 2 is 1.93 bits per heavy atom. The minimum Gasteiger partial charge on any atom is -0.497 e. The van der Waals surface area contributed by atoms with Crippen LogP contribution in [0.25, 0.3) is 11.5 Å². The molecule has 0 bridgehead atoms. The molecule has 4 rings (SSSR count). The van der Waals surface area contributed by atoms with Crippen LogP contribution in [0.3, 0.4) is 0 Å². The monoisotopic (exact) mass is 456 g/mol. The molecule has 1 fully saturated rings. The quantitative estimate of drug-likeness (QED) is 0.590. The Hall–Kier alpha value is -3.20. The molecule has 1 aliphatic heterocycles. The van der Waals surface area contributed by atoms with Gasteiger partial charge in [-0.15, -0.1) is 10.2 Å². The van der Waals surface area contributed by atoms with Crippen LogP contribution >= 0.6 is 15.9 Å². The molecule has 0 spiro atoms. The van der Waals surface area contributed by atoms with Crippen molar-refractivity contribution in [1.29, 1.82) is 0 Å². The van der Waals surface area contributed by atoms with E-state index in [1.54, 1.807) is 50.4 Å². The van der Waals surface area contributed by atoms with Gasteiger partial charge in [0.15, 0.2) is 0 Å². The Morgan fingerprint density at radius 1 is 1.17 bits per heavy atom. The molecular formula is C20H17BrN4O4. The van der Waals surface area contributed by atoms with Crippen LogP contribution in [0.5, 0.6) is 5.75 Å². The number of nitrogens with one attached hydrogen (secondary N) is 1. The molecule has 1 saturated heterocycles. The lowest BCUT2D eigenvalue weighted by atomic mass is 9.92. The number of nitrogens with zero attached hydrogens (tertiary/aromatic N) is 3. The summed E-state index contributed by atoms with van der Waals surface area (Å²) in [7, 11) is 1.58. The third-order valence-corrected chi connectivity index (χ3v) is 5.27. The van der Waals surface area contributed by atoms with Crippen molar-refractivity contribution in [2.24, 2.45) is 0 Å². The van der Waals surface area contributed by atoms with Gasteiger partial charge < -0.3 is 14.5 Å². The molecule has 2 aromatic carbocycles. The molecule has 2 heterocycles. The molecule has 9 heteroatoms. The van der Waals surface area contributed by atoms with Crippen LogP contribution < -0.4 is 10.1 Å².